The van der Waals surface area contributed by atoms with Gasteiger partial charge in [0.05, 0.1) is 25.0 Å². The maximum atomic E-state index is 11.7. The molecule has 6 nitrogen and oxygen atoms in total. The summed E-state index contributed by atoms with van der Waals surface area (Å²) in [6.45, 7) is 1.70. The van der Waals surface area contributed by atoms with E-state index in [1.807, 2.05) is 14.1 Å². The second kappa shape index (κ2) is 7.35. The van der Waals surface area contributed by atoms with Gasteiger partial charge in [0.25, 0.3) is 5.56 Å². The van der Waals surface area contributed by atoms with Crippen molar-refractivity contribution in [3.8, 4) is 0 Å². The van der Waals surface area contributed by atoms with Gasteiger partial charge in [-0.25, -0.2) is 4.68 Å². The predicted molar refractivity (Wildman–Crippen MR) is 72.3 cm³/mol. The van der Waals surface area contributed by atoms with Gasteiger partial charge < -0.3 is 15.3 Å². The Balaban J connectivity index is 2.62. The number of halogens is 1. The summed E-state index contributed by atoms with van der Waals surface area (Å²) < 4.78 is 1.15. The van der Waals surface area contributed by atoms with E-state index in [1.54, 1.807) is 0 Å². The molecule has 1 rings (SSSR count). The van der Waals surface area contributed by atoms with E-state index in [2.05, 4.69) is 15.3 Å². The first-order valence-corrected chi connectivity index (χ1v) is 6.19. The average Bonchev–Trinajstić information content (AvgIpc) is 2.33. The van der Waals surface area contributed by atoms with Crippen LogP contribution in [-0.2, 0) is 6.54 Å². The van der Waals surface area contributed by atoms with E-state index < -0.39 is 0 Å². The van der Waals surface area contributed by atoms with Gasteiger partial charge in [-0.3, -0.25) is 4.79 Å². The number of hydrogen-bond acceptors (Lipinski definition) is 5. The van der Waals surface area contributed by atoms with Gasteiger partial charge in [-0.2, -0.15) is 5.10 Å². The highest BCUT2D eigenvalue weighted by molar-refractivity contribution is 6.32. The maximum absolute atomic E-state index is 11.7. The fourth-order valence-electron chi connectivity index (χ4n) is 1.46. The van der Waals surface area contributed by atoms with E-state index in [9.17, 15) is 4.79 Å². The third-order valence-corrected chi connectivity index (χ3v) is 2.76. The molecule has 0 aliphatic carbocycles. The van der Waals surface area contributed by atoms with E-state index in [0.717, 1.165) is 24.2 Å². The van der Waals surface area contributed by atoms with Gasteiger partial charge in [0.15, 0.2) is 0 Å². The third kappa shape index (κ3) is 4.29. The quantitative estimate of drug-likeness (QED) is 0.698. The van der Waals surface area contributed by atoms with E-state index in [-0.39, 0.29) is 23.7 Å². The number of aliphatic hydroxyl groups excluding tert-OH is 1. The van der Waals surface area contributed by atoms with Crippen LogP contribution in [-0.4, -0.2) is 53.6 Å². The van der Waals surface area contributed by atoms with E-state index in [4.69, 9.17) is 16.7 Å². The zero-order valence-electron chi connectivity index (χ0n) is 10.7. The van der Waals surface area contributed by atoms with Crippen molar-refractivity contribution in [1.29, 1.82) is 0 Å². The Kier molecular flexibility index (Phi) is 6.11. The summed E-state index contributed by atoms with van der Waals surface area (Å²) in [5.41, 5.74) is 0.151. The van der Waals surface area contributed by atoms with Crippen LogP contribution in [0.4, 0.5) is 5.69 Å². The van der Waals surface area contributed by atoms with Crippen LogP contribution in [0.2, 0.25) is 5.02 Å². The van der Waals surface area contributed by atoms with Crippen LogP contribution in [0, 0.1) is 0 Å². The van der Waals surface area contributed by atoms with Gasteiger partial charge in [0.2, 0.25) is 0 Å². The predicted octanol–water partition coefficient (Wildman–Crippen LogP) is 0.253. The Morgan fingerprint density at radius 1 is 1.56 bits per heavy atom. The number of nitrogens with one attached hydrogen (secondary N) is 1. The molecular weight excluding hydrogens is 256 g/mol. The summed E-state index contributed by atoms with van der Waals surface area (Å²) in [4.78, 5) is 13.8. The van der Waals surface area contributed by atoms with Crippen molar-refractivity contribution < 1.29 is 5.11 Å². The molecule has 1 aromatic heterocycles. The van der Waals surface area contributed by atoms with Crippen molar-refractivity contribution in [1.82, 2.24) is 14.7 Å². The van der Waals surface area contributed by atoms with Gasteiger partial charge in [-0.15, -0.1) is 0 Å². The third-order valence-electron chi connectivity index (χ3n) is 2.39. The Bertz CT molecular complexity index is 434. The zero-order chi connectivity index (χ0) is 13.5. The first kappa shape index (κ1) is 14.9. The molecule has 0 aromatic carbocycles. The molecule has 1 heterocycles. The smallest absolute Gasteiger partial charge is 0.287 e. The van der Waals surface area contributed by atoms with Crippen molar-refractivity contribution in [2.24, 2.45) is 0 Å². The molecule has 0 fully saturated rings. The topological polar surface area (TPSA) is 70.4 Å². The lowest BCUT2D eigenvalue weighted by Gasteiger charge is -2.12. The van der Waals surface area contributed by atoms with Gasteiger partial charge in [-0.05, 0) is 27.1 Å². The Labute approximate surface area is 111 Å². The lowest BCUT2D eigenvalue weighted by atomic mass is 10.3. The van der Waals surface area contributed by atoms with Crippen molar-refractivity contribution in [3.63, 3.8) is 0 Å². The summed E-state index contributed by atoms with van der Waals surface area (Å²) >= 11 is 5.95. The van der Waals surface area contributed by atoms with E-state index >= 15 is 0 Å². The molecule has 0 spiro atoms. The lowest BCUT2D eigenvalue weighted by molar-refractivity contribution is 0.266. The van der Waals surface area contributed by atoms with Crippen LogP contribution >= 0.6 is 11.6 Å². The number of aliphatic hydroxyl groups is 1. The summed E-state index contributed by atoms with van der Waals surface area (Å²) in [6, 6.07) is 0. The molecule has 1 aromatic rings. The van der Waals surface area contributed by atoms with E-state index in [1.165, 1.54) is 6.20 Å². The molecule has 0 saturated carbocycles. The van der Waals surface area contributed by atoms with Crippen LogP contribution in [0.1, 0.15) is 6.42 Å². The van der Waals surface area contributed by atoms with Crippen molar-refractivity contribution >= 4 is 17.3 Å². The fraction of sp³-hybridized carbons (Fsp3) is 0.636. The molecule has 102 valence electrons. The Morgan fingerprint density at radius 3 is 2.89 bits per heavy atom. The highest BCUT2D eigenvalue weighted by atomic mass is 35.5. The molecule has 0 saturated heterocycles. The number of anilines is 1. The molecule has 7 heteroatoms. The highest BCUT2D eigenvalue weighted by Gasteiger charge is 2.08. The molecule has 0 bridgehead atoms. The van der Waals surface area contributed by atoms with Crippen LogP contribution in [0.3, 0.4) is 0 Å². The van der Waals surface area contributed by atoms with E-state index in [0.29, 0.717) is 5.69 Å². The van der Waals surface area contributed by atoms with Gasteiger partial charge >= 0.3 is 0 Å². The molecule has 18 heavy (non-hydrogen) atoms. The molecule has 0 unspecified atom stereocenters. The van der Waals surface area contributed by atoms with Gasteiger partial charge in [-0.1, -0.05) is 11.6 Å². The number of aromatic nitrogens is 2. The summed E-state index contributed by atoms with van der Waals surface area (Å²) in [7, 11) is 4.01. The first-order chi connectivity index (χ1) is 8.56. The second-order valence-corrected chi connectivity index (χ2v) is 4.59. The molecule has 0 aliphatic rings. The van der Waals surface area contributed by atoms with Crippen LogP contribution in [0.5, 0.6) is 0 Å². The molecule has 0 atom stereocenters. The van der Waals surface area contributed by atoms with Crippen LogP contribution < -0.4 is 10.9 Å². The Morgan fingerprint density at radius 2 is 2.28 bits per heavy atom. The summed E-state index contributed by atoms with van der Waals surface area (Å²) in [6.07, 6.45) is 2.46. The number of hydrogen-bond donors (Lipinski definition) is 2. The zero-order valence-corrected chi connectivity index (χ0v) is 11.4. The monoisotopic (exact) mass is 274 g/mol. The standard InChI is InChI=1S/C11H19ClN4O2/c1-15(2)5-3-4-13-9-8-14-16(6-7-17)11(18)10(9)12/h8,13,17H,3-7H2,1-2H3. The van der Waals surface area contributed by atoms with Crippen LogP contribution in [0.25, 0.3) is 0 Å². The van der Waals surface area contributed by atoms with Crippen LogP contribution in [0.15, 0.2) is 11.0 Å². The minimum atomic E-state index is -0.386. The minimum absolute atomic E-state index is 0.114. The van der Waals surface area contributed by atoms with Crippen molar-refractivity contribution in [2.75, 3.05) is 39.1 Å². The highest BCUT2D eigenvalue weighted by Crippen LogP contribution is 2.14. The maximum Gasteiger partial charge on any atom is 0.287 e. The summed E-state index contributed by atoms with van der Waals surface area (Å²) in [5.74, 6) is 0. The van der Waals surface area contributed by atoms with Crippen molar-refractivity contribution in [2.45, 2.75) is 13.0 Å². The summed E-state index contributed by atoms with van der Waals surface area (Å²) in [5, 5.41) is 15.9. The average molecular weight is 275 g/mol. The molecule has 0 radical (unpaired) electrons. The molecule has 0 aliphatic heterocycles. The van der Waals surface area contributed by atoms with Crippen molar-refractivity contribution in [3.05, 3.63) is 21.6 Å². The number of rotatable bonds is 7. The Hall–Kier alpha value is -1.11. The largest absolute Gasteiger partial charge is 0.394 e. The molecule has 2 N–H and O–H groups in total. The lowest BCUT2D eigenvalue weighted by Crippen LogP contribution is -2.26. The molecular formula is C11H19ClN4O2. The number of nitrogens with zero attached hydrogens (tertiary/aromatic N) is 3. The fourth-order valence-corrected chi connectivity index (χ4v) is 1.67. The second-order valence-electron chi connectivity index (χ2n) is 4.21. The van der Waals surface area contributed by atoms with Gasteiger partial charge in [0.1, 0.15) is 5.02 Å². The van der Waals surface area contributed by atoms with Gasteiger partial charge in [0, 0.05) is 6.54 Å². The normalized spacial score (nSPS) is 10.9. The first-order valence-electron chi connectivity index (χ1n) is 5.81. The molecule has 0 amide bonds. The SMILES string of the molecule is CN(C)CCCNc1cnn(CCO)c(=O)c1Cl. The minimum Gasteiger partial charge on any atom is -0.394 e.